The molecule has 0 amide bonds. The molecule has 2 nitrogen and oxygen atoms in total. The third-order valence-electron chi connectivity index (χ3n) is 1.52. The molecule has 1 rings (SSSR count). The molecule has 0 aliphatic rings. The van der Waals surface area contributed by atoms with Crippen LogP contribution < -0.4 is 4.74 Å². The lowest BCUT2D eigenvalue weighted by atomic mass is 10.2. The molecule has 0 heterocycles. The molecular weight excluding hydrogens is 223 g/mol. The fourth-order valence-electron chi connectivity index (χ4n) is 0.917. The van der Waals surface area contributed by atoms with Crippen LogP contribution in [0.3, 0.4) is 0 Å². The Morgan fingerprint density at radius 2 is 2.21 bits per heavy atom. The van der Waals surface area contributed by atoms with Crippen molar-refractivity contribution in [2.75, 3.05) is 6.61 Å². The normalized spacial score (nSPS) is 10.4. The molecular formula is C10H8Cl2O2. The van der Waals surface area contributed by atoms with E-state index < -0.39 is 0 Å². The highest BCUT2D eigenvalue weighted by Gasteiger charge is 2.02. The van der Waals surface area contributed by atoms with Gasteiger partial charge in [-0.2, -0.15) is 0 Å². The SMILES string of the molecule is O=Cc1cc(Cl)ccc1OC/C=C/Cl. The zero-order valence-corrected chi connectivity index (χ0v) is 8.76. The van der Waals surface area contributed by atoms with Crippen molar-refractivity contribution in [2.24, 2.45) is 0 Å². The summed E-state index contributed by atoms with van der Waals surface area (Å²) < 4.78 is 5.26. The minimum Gasteiger partial charge on any atom is -0.489 e. The van der Waals surface area contributed by atoms with E-state index >= 15 is 0 Å². The van der Waals surface area contributed by atoms with Gasteiger partial charge in [-0.25, -0.2) is 0 Å². The minimum atomic E-state index is 0.325. The smallest absolute Gasteiger partial charge is 0.153 e. The van der Waals surface area contributed by atoms with Gasteiger partial charge in [0.25, 0.3) is 0 Å². The van der Waals surface area contributed by atoms with E-state index in [1.807, 2.05) is 0 Å². The lowest BCUT2D eigenvalue weighted by Gasteiger charge is -2.05. The molecule has 0 spiro atoms. The molecule has 1 aromatic rings. The minimum absolute atomic E-state index is 0.325. The molecule has 0 unspecified atom stereocenters. The van der Waals surface area contributed by atoms with E-state index in [0.717, 1.165) is 0 Å². The van der Waals surface area contributed by atoms with Crippen LogP contribution in [0.4, 0.5) is 0 Å². The number of halogens is 2. The highest BCUT2D eigenvalue weighted by molar-refractivity contribution is 6.30. The summed E-state index contributed by atoms with van der Waals surface area (Å²) in [5, 5.41) is 0.507. The molecule has 0 radical (unpaired) electrons. The average molecular weight is 231 g/mol. The Morgan fingerprint density at radius 3 is 2.86 bits per heavy atom. The van der Waals surface area contributed by atoms with Crippen LogP contribution in [0.5, 0.6) is 5.75 Å². The molecule has 0 atom stereocenters. The third kappa shape index (κ3) is 3.05. The number of hydrogen-bond acceptors (Lipinski definition) is 2. The van der Waals surface area contributed by atoms with Gasteiger partial charge in [0.15, 0.2) is 6.29 Å². The van der Waals surface area contributed by atoms with Gasteiger partial charge >= 0.3 is 0 Å². The largest absolute Gasteiger partial charge is 0.489 e. The Hall–Kier alpha value is -0.990. The second-order valence-electron chi connectivity index (χ2n) is 2.47. The van der Waals surface area contributed by atoms with Gasteiger partial charge in [-0.3, -0.25) is 4.79 Å². The van der Waals surface area contributed by atoms with Crippen LogP contribution in [0.2, 0.25) is 5.02 Å². The Bertz CT molecular complexity index is 348. The van der Waals surface area contributed by atoms with Crippen molar-refractivity contribution in [3.05, 3.63) is 40.4 Å². The van der Waals surface area contributed by atoms with Crippen LogP contribution in [-0.2, 0) is 0 Å². The summed E-state index contributed by atoms with van der Waals surface area (Å²) in [5.41, 5.74) is 1.79. The molecule has 74 valence electrons. The summed E-state index contributed by atoms with van der Waals surface area (Å²) in [4.78, 5) is 10.6. The molecule has 1 aromatic carbocycles. The van der Waals surface area contributed by atoms with E-state index in [2.05, 4.69) is 0 Å². The van der Waals surface area contributed by atoms with Crippen molar-refractivity contribution in [3.63, 3.8) is 0 Å². The van der Waals surface area contributed by atoms with E-state index in [4.69, 9.17) is 27.9 Å². The predicted octanol–water partition coefficient (Wildman–Crippen LogP) is 3.28. The number of benzene rings is 1. The Kier molecular flexibility index (Phi) is 4.50. The van der Waals surface area contributed by atoms with E-state index in [-0.39, 0.29) is 0 Å². The summed E-state index contributed by atoms with van der Waals surface area (Å²) in [5.74, 6) is 0.499. The quantitative estimate of drug-likeness (QED) is 0.743. The van der Waals surface area contributed by atoms with E-state index in [1.54, 1.807) is 24.3 Å². The molecule has 0 aromatic heterocycles. The molecule has 4 heteroatoms. The number of ether oxygens (including phenoxy) is 1. The van der Waals surface area contributed by atoms with E-state index in [9.17, 15) is 4.79 Å². The fraction of sp³-hybridized carbons (Fsp3) is 0.100. The van der Waals surface area contributed by atoms with Gasteiger partial charge in [0.2, 0.25) is 0 Å². The van der Waals surface area contributed by atoms with Crippen molar-refractivity contribution >= 4 is 29.5 Å². The Balaban J connectivity index is 2.80. The first-order chi connectivity index (χ1) is 6.77. The zero-order valence-electron chi connectivity index (χ0n) is 7.24. The molecule has 0 saturated carbocycles. The first kappa shape index (κ1) is 11.1. The van der Waals surface area contributed by atoms with Crippen LogP contribution >= 0.6 is 23.2 Å². The number of carbonyl (C=O) groups excluding carboxylic acids is 1. The van der Waals surface area contributed by atoms with Gasteiger partial charge in [-0.15, -0.1) is 0 Å². The summed E-state index contributed by atoms with van der Waals surface area (Å²) >= 11 is 11.0. The van der Waals surface area contributed by atoms with Crippen molar-refractivity contribution < 1.29 is 9.53 Å². The second-order valence-corrected chi connectivity index (χ2v) is 3.16. The second kappa shape index (κ2) is 5.68. The maximum atomic E-state index is 10.6. The van der Waals surface area contributed by atoms with Gasteiger partial charge < -0.3 is 4.74 Å². The van der Waals surface area contributed by atoms with Crippen LogP contribution in [0, 0.1) is 0 Å². The molecule has 14 heavy (non-hydrogen) atoms. The van der Waals surface area contributed by atoms with Gasteiger partial charge in [0, 0.05) is 10.6 Å². The average Bonchev–Trinajstić information content (AvgIpc) is 2.20. The molecule has 0 saturated heterocycles. The zero-order chi connectivity index (χ0) is 10.4. The Morgan fingerprint density at radius 1 is 1.43 bits per heavy atom. The van der Waals surface area contributed by atoms with Crippen molar-refractivity contribution in [3.8, 4) is 5.75 Å². The molecule has 0 aliphatic heterocycles. The Labute approximate surface area is 92.1 Å². The van der Waals surface area contributed by atoms with Crippen LogP contribution in [0.25, 0.3) is 0 Å². The van der Waals surface area contributed by atoms with Gasteiger partial charge in [0.05, 0.1) is 5.56 Å². The van der Waals surface area contributed by atoms with E-state index in [0.29, 0.717) is 29.2 Å². The summed E-state index contributed by atoms with van der Waals surface area (Å²) in [6.45, 7) is 0.325. The first-order valence-electron chi connectivity index (χ1n) is 3.90. The molecule has 0 N–H and O–H groups in total. The lowest BCUT2D eigenvalue weighted by Crippen LogP contribution is -1.96. The number of hydrogen-bond donors (Lipinski definition) is 0. The topological polar surface area (TPSA) is 26.3 Å². The third-order valence-corrected chi connectivity index (χ3v) is 1.94. The number of carbonyl (C=O) groups is 1. The molecule has 0 bridgehead atoms. The van der Waals surface area contributed by atoms with Gasteiger partial charge in [-0.1, -0.05) is 23.2 Å². The first-order valence-corrected chi connectivity index (χ1v) is 4.72. The monoisotopic (exact) mass is 230 g/mol. The maximum absolute atomic E-state index is 10.6. The van der Waals surface area contributed by atoms with Crippen LogP contribution in [0.1, 0.15) is 10.4 Å². The van der Waals surface area contributed by atoms with E-state index in [1.165, 1.54) is 5.54 Å². The van der Waals surface area contributed by atoms with Crippen molar-refractivity contribution in [1.82, 2.24) is 0 Å². The van der Waals surface area contributed by atoms with Gasteiger partial charge in [-0.05, 0) is 24.3 Å². The van der Waals surface area contributed by atoms with Gasteiger partial charge in [0.1, 0.15) is 12.4 Å². The number of aldehydes is 1. The fourth-order valence-corrected chi connectivity index (χ4v) is 1.17. The molecule has 0 aliphatic carbocycles. The summed E-state index contributed by atoms with van der Waals surface area (Å²) in [6, 6.07) is 4.86. The van der Waals surface area contributed by atoms with Crippen LogP contribution in [-0.4, -0.2) is 12.9 Å². The van der Waals surface area contributed by atoms with Crippen molar-refractivity contribution in [1.29, 1.82) is 0 Å². The highest BCUT2D eigenvalue weighted by atomic mass is 35.5. The predicted molar refractivity (Wildman–Crippen MR) is 57.3 cm³/mol. The van der Waals surface area contributed by atoms with Crippen molar-refractivity contribution in [2.45, 2.75) is 0 Å². The standard InChI is InChI=1S/C10H8Cl2O2/c11-4-1-5-14-10-3-2-9(12)6-8(10)7-13/h1-4,6-7H,5H2/b4-1+. The molecule has 0 fully saturated rings. The number of rotatable bonds is 4. The highest BCUT2D eigenvalue weighted by Crippen LogP contribution is 2.21. The van der Waals surface area contributed by atoms with Crippen LogP contribution in [0.15, 0.2) is 29.8 Å². The lowest BCUT2D eigenvalue weighted by molar-refractivity contribution is 0.112. The maximum Gasteiger partial charge on any atom is 0.153 e. The summed E-state index contributed by atoms with van der Waals surface area (Å²) in [7, 11) is 0. The summed E-state index contributed by atoms with van der Waals surface area (Å²) in [6.07, 6.45) is 2.33.